The van der Waals surface area contributed by atoms with Gasteiger partial charge in [0.1, 0.15) is 0 Å². The molecule has 0 spiro atoms. The molecule has 15 heavy (non-hydrogen) atoms. The molecule has 0 aromatic carbocycles. The van der Waals surface area contributed by atoms with Crippen LogP contribution < -0.4 is 0 Å². The Hall–Kier alpha value is -0.810. The molecule has 0 rings (SSSR count). The molecule has 0 aromatic heterocycles. The molecule has 0 aliphatic carbocycles. The lowest BCUT2D eigenvalue weighted by molar-refractivity contribution is -0.105. The number of hydrogen-bond acceptors (Lipinski definition) is 1. The average molecular weight is 208 g/mol. The Morgan fingerprint density at radius 2 is 1.80 bits per heavy atom. The molecule has 0 atom stereocenters. The van der Waals surface area contributed by atoms with Crippen LogP contribution in [0.25, 0.3) is 0 Å². The Labute approximate surface area is 94.3 Å². The fourth-order valence-corrected chi connectivity index (χ4v) is 1.41. The second kappa shape index (κ2) is 11.3. The summed E-state index contributed by atoms with van der Waals surface area (Å²) in [4.78, 5) is 10.7. The monoisotopic (exact) mass is 208 g/mol. The van der Waals surface area contributed by atoms with E-state index in [-0.39, 0.29) is 0 Å². The average Bonchev–Trinajstić information content (AvgIpc) is 2.27. The van der Waals surface area contributed by atoms with Gasteiger partial charge in [-0.3, -0.25) is 4.79 Å². The van der Waals surface area contributed by atoms with Crippen molar-refractivity contribution in [2.45, 2.75) is 65.2 Å². The predicted molar refractivity (Wildman–Crippen MR) is 65.9 cm³/mol. The van der Waals surface area contributed by atoms with Gasteiger partial charge in [-0.2, -0.15) is 0 Å². The topological polar surface area (TPSA) is 17.1 Å². The van der Waals surface area contributed by atoms with E-state index in [0.717, 1.165) is 37.5 Å². The van der Waals surface area contributed by atoms with Crippen LogP contribution in [-0.4, -0.2) is 6.29 Å². The number of unbranched alkanes of at least 4 members (excludes halogenated alkanes) is 5. The highest BCUT2D eigenvalue weighted by Gasteiger charge is 1.91. The highest BCUT2D eigenvalue weighted by atomic mass is 16.1. The first-order valence-electron chi connectivity index (χ1n) is 6.24. The molecule has 0 saturated carbocycles. The first-order valence-corrected chi connectivity index (χ1v) is 6.24. The van der Waals surface area contributed by atoms with E-state index in [1.54, 1.807) is 0 Å². The van der Waals surface area contributed by atoms with Crippen LogP contribution in [0.4, 0.5) is 0 Å². The third-order valence-electron chi connectivity index (χ3n) is 2.43. The maximum atomic E-state index is 10.7. The van der Waals surface area contributed by atoms with Crippen molar-refractivity contribution in [1.29, 1.82) is 0 Å². The lowest BCUT2D eigenvalue weighted by atomic mass is 10.1. The lowest BCUT2D eigenvalue weighted by Crippen LogP contribution is -1.82. The maximum Gasteiger partial charge on any atom is 0.153 e. The van der Waals surface area contributed by atoms with Gasteiger partial charge in [-0.25, -0.2) is 0 Å². The first-order chi connectivity index (χ1) is 7.35. The fourth-order valence-electron chi connectivity index (χ4n) is 1.41. The second-order valence-electron chi connectivity index (χ2n) is 3.94. The molecule has 0 radical (unpaired) electrons. The zero-order chi connectivity index (χ0) is 11.4. The Morgan fingerprint density at radius 3 is 2.40 bits per heavy atom. The largest absolute Gasteiger partial charge is 0.298 e. The van der Waals surface area contributed by atoms with Crippen molar-refractivity contribution in [1.82, 2.24) is 0 Å². The smallest absolute Gasteiger partial charge is 0.153 e. The van der Waals surface area contributed by atoms with Crippen LogP contribution in [0.2, 0.25) is 0 Å². The molecule has 0 aliphatic rings. The van der Waals surface area contributed by atoms with Gasteiger partial charge in [0.2, 0.25) is 0 Å². The molecule has 0 saturated heterocycles. The summed E-state index contributed by atoms with van der Waals surface area (Å²) in [5.41, 5.74) is 3.93. The molecule has 0 bridgehead atoms. The van der Waals surface area contributed by atoms with Crippen molar-refractivity contribution in [3.8, 4) is 0 Å². The molecule has 0 amide bonds. The number of rotatable bonds is 9. The van der Waals surface area contributed by atoms with Crippen molar-refractivity contribution >= 4 is 6.29 Å². The summed E-state index contributed by atoms with van der Waals surface area (Å²) in [7, 11) is 0. The van der Waals surface area contributed by atoms with Crippen LogP contribution in [0, 0.1) is 0 Å². The molecule has 0 aliphatic heterocycles. The summed E-state index contributed by atoms with van der Waals surface area (Å²) in [6.45, 7) is 4.35. The van der Waals surface area contributed by atoms with Crippen molar-refractivity contribution in [3.05, 3.63) is 17.4 Å². The SMILES string of the molecule is CCCCCCC=C=C(C=O)CCCC. The summed E-state index contributed by atoms with van der Waals surface area (Å²) in [6.07, 6.45) is 12.2. The van der Waals surface area contributed by atoms with Crippen molar-refractivity contribution < 1.29 is 4.79 Å². The zero-order valence-corrected chi connectivity index (χ0v) is 10.2. The summed E-state index contributed by atoms with van der Waals surface area (Å²) < 4.78 is 0. The standard InChI is InChI=1S/C14H24O/c1-3-5-7-8-9-10-12-14(13-15)11-6-4-2/h10,13H,3-9,11H2,1-2H3. The number of carbonyl (C=O) groups is 1. The summed E-state index contributed by atoms with van der Waals surface area (Å²) in [5.74, 6) is 0. The molecular weight excluding hydrogens is 184 g/mol. The van der Waals surface area contributed by atoms with Gasteiger partial charge in [-0.15, -0.1) is 5.73 Å². The van der Waals surface area contributed by atoms with Crippen LogP contribution in [0.3, 0.4) is 0 Å². The van der Waals surface area contributed by atoms with Crippen LogP contribution >= 0.6 is 0 Å². The van der Waals surface area contributed by atoms with Gasteiger partial charge in [0.05, 0.1) is 0 Å². The molecule has 0 aromatic rings. The van der Waals surface area contributed by atoms with Crippen LogP contribution in [-0.2, 0) is 4.79 Å². The Morgan fingerprint density at radius 1 is 1.07 bits per heavy atom. The lowest BCUT2D eigenvalue weighted by Gasteiger charge is -1.94. The summed E-state index contributed by atoms with van der Waals surface area (Å²) in [5, 5.41) is 0. The number of carbonyl (C=O) groups excluding carboxylic acids is 1. The van der Waals surface area contributed by atoms with Crippen molar-refractivity contribution in [2.75, 3.05) is 0 Å². The van der Waals surface area contributed by atoms with E-state index in [9.17, 15) is 4.79 Å². The van der Waals surface area contributed by atoms with E-state index < -0.39 is 0 Å². The third kappa shape index (κ3) is 9.49. The van der Waals surface area contributed by atoms with Gasteiger partial charge >= 0.3 is 0 Å². The molecule has 86 valence electrons. The summed E-state index contributed by atoms with van der Waals surface area (Å²) >= 11 is 0. The van der Waals surface area contributed by atoms with Gasteiger partial charge in [0.25, 0.3) is 0 Å². The van der Waals surface area contributed by atoms with E-state index in [0.29, 0.717) is 0 Å². The second-order valence-corrected chi connectivity index (χ2v) is 3.94. The molecule has 1 heteroatoms. The minimum atomic E-state index is 0.826. The van der Waals surface area contributed by atoms with E-state index in [4.69, 9.17) is 0 Å². The predicted octanol–water partition coefficient (Wildman–Crippen LogP) is 4.43. The maximum absolute atomic E-state index is 10.7. The van der Waals surface area contributed by atoms with Gasteiger partial charge in [-0.05, 0) is 31.8 Å². The molecular formula is C14H24O. The van der Waals surface area contributed by atoms with Gasteiger partial charge < -0.3 is 0 Å². The Balaban J connectivity index is 3.74. The van der Waals surface area contributed by atoms with Crippen molar-refractivity contribution in [3.63, 3.8) is 0 Å². The molecule has 0 heterocycles. The highest BCUT2D eigenvalue weighted by molar-refractivity contribution is 5.72. The number of hydrogen-bond donors (Lipinski definition) is 0. The van der Waals surface area contributed by atoms with Crippen LogP contribution in [0.15, 0.2) is 17.4 Å². The Kier molecular flexibility index (Phi) is 10.7. The van der Waals surface area contributed by atoms with Crippen LogP contribution in [0.5, 0.6) is 0 Å². The van der Waals surface area contributed by atoms with E-state index in [1.807, 2.05) is 6.08 Å². The number of allylic oxidation sites excluding steroid dienone is 1. The van der Waals surface area contributed by atoms with Gasteiger partial charge in [0, 0.05) is 5.57 Å². The zero-order valence-electron chi connectivity index (χ0n) is 10.2. The van der Waals surface area contributed by atoms with E-state index in [2.05, 4.69) is 19.6 Å². The van der Waals surface area contributed by atoms with Gasteiger partial charge in [-0.1, -0.05) is 39.5 Å². The molecule has 0 fully saturated rings. The summed E-state index contributed by atoms with van der Waals surface area (Å²) in [6, 6.07) is 0. The van der Waals surface area contributed by atoms with E-state index in [1.165, 1.54) is 25.7 Å². The fraction of sp³-hybridized carbons (Fsp3) is 0.714. The highest BCUT2D eigenvalue weighted by Crippen LogP contribution is 2.05. The normalized spacial score (nSPS) is 9.47. The van der Waals surface area contributed by atoms with Crippen LogP contribution in [0.1, 0.15) is 65.2 Å². The molecule has 1 nitrogen and oxygen atoms in total. The van der Waals surface area contributed by atoms with E-state index >= 15 is 0 Å². The van der Waals surface area contributed by atoms with Gasteiger partial charge in [0.15, 0.2) is 6.29 Å². The number of aldehydes is 1. The minimum Gasteiger partial charge on any atom is -0.298 e. The Bertz CT molecular complexity index is 209. The quantitative estimate of drug-likeness (QED) is 0.237. The minimum absolute atomic E-state index is 0.826. The third-order valence-corrected chi connectivity index (χ3v) is 2.43. The molecule has 0 N–H and O–H groups in total. The first kappa shape index (κ1) is 14.2. The van der Waals surface area contributed by atoms with Crippen molar-refractivity contribution in [2.24, 2.45) is 0 Å². The molecule has 0 unspecified atom stereocenters.